The van der Waals surface area contributed by atoms with Crippen LogP contribution in [0.4, 0.5) is 11.6 Å². The largest absolute Gasteiger partial charge is 0.384 e. The topological polar surface area (TPSA) is 114 Å². The van der Waals surface area contributed by atoms with Crippen LogP contribution in [0, 0.1) is 17.8 Å². The Labute approximate surface area is 213 Å². The molecule has 4 rings (SSSR count). The number of nitrogen functional groups attached to an aromatic ring is 1. The van der Waals surface area contributed by atoms with E-state index in [0.717, 1.165) is 31.2 Å². The first-order valence-corrected chi connectivity index (χ1v) is 13.1. The highest BCUT2D eigenvalue weighted by Gasteiger charge is 2.55. The van der Waals surface area contributed by atoms with Gasteiger partial charge < -0.3 is 5.73 Å². The molecule has 0 bridgehead atoms. The van der Waals surface area contributed by atoms with Gasteiger partial charge >= 0.3 is 0 Å². The van der Waals surface area contributed by atoms with Crippen molar-refractivity contribution in [1.29, 1.82) is 0 Å². The number of aromatic nitrogens is 3. The molecule has 2 N–H and O–H groups in total. The van der Waals surface area contributed by atoms with Gasteiger partial charge in [0.1, 0.15) is 11.9 Å². The number of anilines is 2. The highest BCUT2D eigenvalue weighted by Crippen LogP contribution is 2.38. The van der Waals surface area contributed by atoms with E-state index in [1.165, 1.54) is 29.1 Å². The van der Waals surface area contributed by atoms with Crippen LogP contribution in [0.5, 0.6) is 0 Å². The number of hydrogen-bond donors (Lipinski definition) is 1. The maximum Gasteiger partial charge on any atom is 0.252 e. The molecule has 2 aromatic rings. The van der Waals surface area contributed by atoms with Crippen molar-refractivity contribution in [3.8, 4) is 0 Å². The van der Waals surface area contributed by atoms with Crippen LogP contribution in [0.3, 0.4) is 0 Å². The zero-order valence-corrected chi connectivity index (χ0v) is 21.6. The molecule has 9 nitrogen and oxygen atoms in total. The normalized spacial score (nSPS) is 21.2. The third kappa shape index (κ3) is 5.44. The van der Waals surface area contributed by atoms with Gasteiger partial charge in [-0.25, -0.2) is 4.98 Å². The quantitative estimate of drug-likeness (QED) is 0.535. The number of nitrogens with zero attached hydrogens (tertiary/aromatic N) is 5. The molecule has 1 aliphatic heterocycles. The van der Waals surface area contributed by atoms with E-state index in [2.05, 4.69) is 17.0 Å². The Kier molecular flexibility index (Phi) is 8.06. The number of rotatable bonds is 9. The molecular formula is C27H38N6O3. The maximum atomic E-state index is 13.7. The lowest BCUT2D eigenvalue weighted by Crippen LogP contribution is -2.69. The Morgan fingerprint density at radius 1 is 1.22 bits per heavy atom. The van der Waals surface area contributed by atoms with Crippen LogP contribution in [0.15, 0.2) is 30.6 Å². The van der Waals surface area contributed by atoms with Crippen molar-refractivity contribution in [2.45, 2.75) is 70.8 Å². The van der Waals surface area contributed by atoms with Gasteiger partial charge in [-0.1, -0.05) is 45.4 Å². The van der Waals surface area contributed by atoms with Gasteiger partial charge in [-0.05, 0) is 42.4 Å². The summed E-state index contributed by atoms with van der Waals surface area (Å²) in [6.45, 7) is 2.14. The van der Waals surface area contributed by atoms with Crippen LogP contribution >= 0.6 is 0 Å². The lowest BCUT2D eigenvalue weighted by Gasteiger charge is -2.46. The number of β-lactam (4-membered cyclic amide) rings is 1. The van der Waals surface area contributed by atoms with E-state index in [4.69, 9.17) is 5.73 Å². The van der Waals surface area contributed by atoms with E-state index in [9.17, 15) is 14.4 Å². The second-order valence-electron chi connectivity index (χ2n) is 10.3. The Balaban J connectivity index is 1.56. The molecule has 2 aromatic heterocycles. The van der Waals surface area contributed by atoms with Gasteiger partial charge in [0.05, 0.1) is 5.92 Å². The number of likely N-dealkylation sites (N-methyl/N-ethyl adjacent to an activating group) is 1. The summed E-state index contributed by atoms with van der Waals surface area (Å²) in [7, 11) is 3.42. The van der Waals surface area contributed by atoms with Crippen LogP contribution in [-0.2, 0) is 27.9 Å². The summed E-state index contributed by atoms with van der Waals surface area (Å²) in [6.07, 6.45) is 11.9. The first-order chi connectivity index (χ1) is 17.3. The monoisotopic (exact) mass is 494 g/mol. The molecule has 0 aromatic carbocycles. The third-order valence-corrected chi connectivity index (χ3v) is 7.82. The molecule has 2 aliphatic rings. The summed E-state index contributed by atoms with van der Waals surface area (Å²) in [6, 6.07) is 4.38. The molecule has 3 amide bonds. The minimum Gasteiger partial charge on any atom is -0.384 e. The lowest BCUT2D eigenvalue weighted by atomic mass is 9.75. The highest BCUT2D eigenvalue weighted by molar-refractivity contribution is 6.12. The van der Waals surface area contributed by atoms with Crippen molar-refractivity contribution >= 4 is 29.4 Å². The smallest absolute Gasteiger partial charge is 0.252 e. The van der Waals surface area contributed by atoms with Crippen molar-refractivity contribution in [3.63, 3.8) is 0 Å². The molecule has 194 valence electrons. The fourth-order valence-electron chi connectivity index (χ4n) is 5.88. The van der Waals surface area contributed by atoms with E-state index in [1.807, 2.05) is 0 Å². The maximum absolute atomic E-state index is 13.7. The van der Waals surface area contributed by atoms with Gasteiger partial charge in [0.25, 0.3) is 5.91 Å². The summed E-state index contributed by atoms with van der Waals surface area (Å²) in [4.78, 5) is 47.3. The first kappa shape index (κ1) is 25.9. The van der Waals surface area contributed by atoms with Crippen LogP contribution in [0.2, 0.25) is 0 Å². The van der Waals surface area contributed by atoms with Crippen LogP contribution in [-0.4, -0.2) is 50.5 Å². The second kappa shape index (κ2) is 11.2. The zero-order chi connectivity index (χ0) is 25.8. The number of aryl methyl sites for hydroxylation is 1. The number of pyridine rings is 1. The molecule has 1 saturated carbocycles. The van der Waals surface area contributed by atoms with Crippen molar-refractivity contribution in [2.75, 3.05) is 17.7 Å². The van der Waals surface area contributed by atoms with E-state index in [-0.39, 0.29) is 23.6 Å². The summed E-state index contributed by atoms with van der Waals surface area (Å²) in [5.74, 6) is 0.137. The minimum atomic E-state index is -0.861. The average molecular weight is 495 g/mol. The molecule has 9 heteroatoms. The molecule has 3 heterocycles. The van der Waals surface area contributed by atoms with Crippen molar-refractivity contribution in [1.82, 2.24) is 19.7 Å². The third-order valence-electron chi connectivity index (χ3n) is 7.82. The molecule has 3 atom stereocenters. The average Bonchev–Trinajstić information content (AvgIpc) is 3.31. The van der Waals surface area contributed by atoms with E-state index in [0.29, 0.717) is 30.4 Å². The summed E-state index contributed by atoms with van der Waals surface area (Å²) < 4.78 is 1.62. The predicted molar refractivity (Wildman–Crippen MR) is 138 cm³/mol. The van der Waals surface area contributed by atoms with Gasteiger partial charge in [-0.15, -0.1) is 0 Å². The second-order valence-corrected chi connectivity index (χ2v) is 10.3. The van der Waals surface area contributed by atoms with Crippen molar-refractivity contribution in [3.05, 3.63) is 36.2 Å². The van der Waals surface area contributed by atoms with E-state index >= 15 is 0 Å². The van der Waals surface area contributed by atoms with E-state index < -0.39 is 12.0 Å². The molecule has 0 spiro atoms. The lowest BCUT2D eigenvalue weighted by molar-refractivity contribution is -0.171. The van der Waals surface area contributed by atoms with Crippen molar-refractivity contribution in [2.24, 2.45) is 24.8 Å². The Morgan fingerprint density at radius 3 is 2.61 bits per heavy atom. The summed E-state index contributed by atoms with van der Waals surface area (Å²) in [5, 5.41) is 4.32. The summed E-state index contributed by atoms with van der Waals surface area (Å²) >= 11 is 0. The van der Waals surface area contributed by atoms with Crippen LogP contribution < -0.4 is 10.6 Å². The van der Waals surface area contributed by atoms with Crippen LogP contribution in [0.25, 0.3) is 0 Å². The van der Waals surface area contributed by atoms with Gasteiger partial charge in [0.2, 0.25) is 11.8 Å². The minimum absolute atomic E-state index is 0.234. The molecule has 1 aliphatic carbocycles. The Hall–Kier alpha value is -3.23. The Bertz CT molecular complexity index is 1090. The number of hydrogen-bond acceptors (Lipinski definition) is 6. The molecule has 1 saturated heterocycles. The fraction of sp³-hybridized carbons (Fsp3) is 0.593. The van der Waals surface area contributed by atoms with Gasteiger partial charge in [0.15, 0.2) is 5.82 Å². The zero-order valence-electron chi connectivity index (χ0n) is 21.6. The summed E-state index contributed by atoms with van der Waals surface area (Å²) in [5.41, 5.74) is 6.65. The number of carbonyl (C=O) groups excluding carboxylic acids is 3. The van der Waals surface area contributed by atoms with Gasteiger partial charge in [-0.2, -0.15) is 5.10 Å². The standard InChI is InChI=1S/C27H38N6O3/c1-4-8-20(19-9-6-5-7-10-19)17-24(34)33-25(27(36)32(3)23-12-14-31(2)30-23)21(26(33)35)15-18-11-13-29-22(28)16-18/h11-14,16,19-21,25H,4-10,15,17H2,1-3H3,(H2,28,29)/t20-,21+,25-/m0/s1. The number of amides is 3. The number of carbonyl (C=O) groups is 3. The van der Waals surface area contributed by atoms with Gasteiger partial charge in [-0.3, -0.25) is 28.9 Å². The molecule has 0 radical (unpaired) electrons. The van der Waals surface area contributed by atoms with Crippen molar-refractivity contribution < 1.29 is 14.4 Å². The number of likely N-dealkylation sites (tertiary alicyclic amines) is 1. The highest BCUT2D eigenvalue weighted by atomic mass is 16.2. The number of nitrogens with two attached hydrogens (primary N) is 1. The molecule has 36 heavy (non-hydrogen) atoms. The van der Waals surface area contributed by atoms with Gasteiger partial charge in [0, 0.05) is 39.0 Å². The fourth-order valence-corrected chi connectivity index (χ4v) is 5.88. The van der Waals surface area contributed by atoms with Crippen LogP contribution in [0.1, 0.15) is 63.9 Å². The first-order valence-electron chi connectivity index (χ1n) is 13.1. The molecular weight excluding hydrogens is 456 g/mol. The number of imide groups is 1. The molecule has 2 fully saturated rings. The SMILES string of the molecule is CCC[C@@H](CC(=O)N1C(=O)[C@H](Cc2ccnc(N)c2)[C@H]1C(=O)N(C)c1ccn(C)n1)C1CCCCC1. The van der Waals surface area contributed by atoms with E-state index in [1.54, 1.807) is 49.4 Å². The molecule has 0 unspecified atom stereocenters. The predicted octanol–water partition coefficient (Wildman–Crippen LogP) is 3.34. The Morgan fingerprint density at radius 2 is 1.97 bits per heavy atom.